The second-order valence-corrected chi connectivity index (χ2v) is 6.31. The van der Waals surface area contributed by atoms with E-state index in [0.29, 0.717) is 12.8 Å². The van der Waals surface area contributed by atoms with Gasteiger partial charge in [-0.15, -0.1) is 0 Å². The summed E-state index contributed by atoms with van der Waals surface area (Å²) < 4.78 is 23.7. The fraction of sp³-hybridized carbons (Fsp3) is 0.556. The Balaban J connectivity index is 2.27. The molecule has 0 bridgehead atoms. The minimum absolute atomic E-state index is 0.0251. The van der Waals surface area contributed by atoms with Crippen molar-refractivity contribution in [2.24, 2.45) is 0 Å². The average Bonchev–Trinajstić information content (AvgIpc) is 2.60. The molecule has 0 radical (unpaired) electrons. The number of sulfone groups is 1. The van der Waals surface area contributed by atoms with E-state index >= 15 is 0 Å². The smallest absolute Gasteiger partial charge is 0.358 e. The van der Waals surface area contributed by atoms with Crippen molar-refractivity contribution in [1.82, 2.24) is 9.78 Å². The van der Waals surface area contributed by atoms with Crippen LogP contribution in [0.15, 0.2) is 6.20 Å². The van der Waals surface area contributed by atoms with E-state index < -0.39 is 21.6 Å². The number of carboxylic acids is 1. The largest absolute Gasteiger partial charge is 0.504 e. The molecule has 94 valence electrons. The third kappa shape index (κ3) is 2.26. The fourth-order valence-corrected chi connectivity index (χ4v) is 3.43. The van der Waals surface area contributed by atoms with Crippen LogP contribution in [-0.2, 0) is 9.84 Å². The molecule has 1 fully saturated rings. The van der Waals surface area contributed by atoms with Gasteiger partial charge in [-0.1, -0.05) is 0 Å². The summed E-state index contributed by atoms with van der Waals surface area (Å²) in [6.07, 6.45) is 1.71. The van der Waals surface area contributed by atoms with Crippen molar-refractivity contribution in [2.75, 3.05) is 11.5 Å². The van der Waals surface area contributed by atoms with Crippen molar-refractivity contribution in [3.8, 4) is 5.75 Å². The lowest BCUT2D eigenvalue weighted by molar-refractivity contribution is 0.0676. The van der Waals surface area contributed by atoms with Crippen LogP contribution in [0, 0.1) is 0 Å². The summed E-state index contributed by atoms with van der Waals surface area (Å²) in [6.45, 7) is 0. The van der Waals surface area contributed by atoms with Gasteiger partial charge in [0, 0.05) is 0 Å². The molecular weight excluding hydrogens is 248 g/mol. The van der Waals surface area contributed by atoms with E-state index in [9.17, 15) is 18.3 Å². The van der Waals surface area contributed by atoms with E-state index in [2.05, 4.69) is 5.10 Å². The number of aromatic hydroxyl groups is 1. The number of rotatable bonds is 2. The molecule has 0 atom stereocenters. The summed E-state index contributed by atoms with van der Waals surface area (Å²) in [5, 5.41) is 22.1. The number of nitrogens with zero attached hydrogens (tertiary/aromatic N) is 2. The van der Waals surface area contributed by atoms with Gasteiger partial charge in [0.1, 0.15) is 9.84 Å². The van der Waals surface area contributed by atoms with Crippen LogP contribution in [0.1, 0.15) is 29.4 Å². The van der Waals surface area contributed by atoms with Gasteiger partial charge in [0.15, 0.2) is 11.4 Å². The standard InChI is InChI=1S/C9H12N2O5S/c12-7-5-10-11(8(7)9(13)14)6-1-3-17(15,16)4-2-6/h5-6,12H,1-4H2,(H,13,14). The van der Waals surface area contributed by atoms with Crippen molar-refractivity contribution < 1.29 is 23.4 Å². The van der Waals surface area contributed by atoms with Crippen molar-refractivity contribution in [1.29, 1.82) is 0 Å². The first kappa shape index (κ1) is 11.9. The van der Waals surface area contributed by atoms with Gasteiger partial charge in [0.2, 0.25) is 0 Å². The topological polar surface area (TPSA) is 109 Å². The molecule has 1 aliphatic heterocycles. The predicted octanol–water partition coefficient (Wildman–Crippen LogP) is 0.0366. The molecule has 2 N–H and O–H groups in total. The molecule has 0 unspecified atom stereocenters. The van der Waals surface area contributed by atoms with E-state index in [4.69, 9.17) is 5.11 Å². The van der Waals surface area contributed by atoms with Crippen molar-refractivity contribution in [3.05, 3.63) is 11.9 Å². The highest BCUT2D eigenvalue weighted by Crippen LogP contribution is 2.27. The molecule has 0 aliphatic carbocycles. The number of hydrogen-bond acceptors (Lipinski definition) is 5. The van der Waals surface area contributed by atoms with E-state index in [0.717, 1.165) is 6.20 Å². The molecule has 17 heavy (non-hydrogen) atoms. The van der Waals surface area contributed by atoms with Gasteiger partial charge in [-0.2, -0.15) is 5.10 Å². The predicted molar refractivity (Wildman–Crippen MR) is 57.8 cm³/mol. The second kappa shape index (κ2) is 4.02. The Morgan fingerprint density at radius 2 is 2.00 bits per heavy atom. The zero-order chi connectivity index (χ0) is 12.6. The molecule has 7 nitrogen and oxygen atoms in total. The van der Waals surface area contributed by atoms with Gasteiger partial charge >= 0.3 is 5.97 Å². The highest BCUT2D eigenvalue weighted by atomic mass is 32.2. The zero-order valence-electron chi connectivity index (χ0n) is 8.90. The van der Waals surface area contributed by atoms with Crippen molar-refractivity contribution >= 4 is 15.8 Å². The Morgan fingerprint density at radius 1 is 1.41 bits per heavy atom. The average molecular weight is 260 g/mol. The third-order valence-corrected chi connectivity index (χ3v) is 4.56. The van der Waals surface area contributed by atoms with Crippen LogP contribution >= 0.6 is 0 Å². The van der Waals surface area contributed by atoms with Crippen LogP contribution in [0.5, 0.6) is 5.75 Å². The number of aromatic carboxylic acids is 1. The van der Waals surface area contributed by atoms with Crippen molar-refractivity contribution in [3.63, 3.8) is 0 Å². The Morgan fingerprint density at radius 3 is 2.53 bits per heavy atom. The number of hydrogen-bond donors (Lipinski definition) is 2. The lowest BCUT2D eigenvalue weighted by Crippen LogP contribution is -2.27. The molecule has 1 aromatic heterocycles. The Labute approximate surface area is 97.6 Å². The summed E-state index contributed by atoms with van der Waals surface area (Å²) in [7, 11) is -3.00. The molecule has 1 aliphatic rings. The third-order valence-electron chi connectivity index (χ3n) is 2.85. The quantitative estimate of drug-likeness (QED) is 0.776. The summed E-state index contributed by atoms with van der Waals surface area (Å²) in [5.41, 5.74) is -0.283. The zero-order valence-corrected chi connectivity index (χ0v) is 9.72. The van der Waals surface area contributed by atoms with E-state index in [1.807, 2.05) is 0 Å². The van der Waals surface area contributed by atoms with Gasteiger partial charge in [-0.25, -0.2) is 13.2 Å². The maximum absolute atomic E-state index is 11.3. The molecule has 1 aromatic rings. The van der Waals surface area contributed by atoms with E-state index in [-0.39, 0.29) is 23.2 Å². The molecule has 0 saturated carbocycles. The van der Waals surface area contributed by atoms with Crippen molar-refractivity contribution in [2.45, 2.75) is 18.9 Å². The molecule has 0 spiro atoms. The maximum atomic E-state index is 11.3. The molecule has 0 aromatic carbocycles. The minimum Gasteiger partial charge on any atom is -0.504 e. The molecule has 0 amide bonds. The maximum Gasteiger partial charge on any atom is 0.358 e. The minimum atomic E-state index is -3.00. The lowest BCUT2D eigenvalue weighted by atomic mass is 10.1. The first-order valence-electron chi connectivity index (χ1n) is 5.11. The monoisotopic (exact) mass is 260 g/mol. The van der Waals surface area contributed by atoms with Gasteiger partial charge in [-0.3, -0.25) is 4.68 Å². The molecule has 2 heterocycles. The lowest BCUT2D eigenvalue weighted by Gasteiger charge is -2.23. The van der Waals surface area contributed by atoms with Gasteiger partial charge in [0.05, 0.1) is 23.7 Å². The van der Waals surface area contributed by atoms with Gasteiger partial charge in [0.25, 0.3) is 0 Å². The van der Waals surface area contributed by atoms with Gasteiger partial charge < -0.3 is 10.2 Å². The number of carboxylic acid groups (broad SMARTS) is 1. The summed E-state index contributed by atoms with van der Waals surface area (Å²) in [6, 6.07) is -0.287. The fourth-order valence-electron chi connectivity index (χ4n) is 1.96. The summed E-state index contributed by atoms with van der Waals surface area (Å²) >= 11 is 0. The Bertz CT molecular complexity index is 534. The number of aromatic nitrogens is 2. The van der Waals surface area contributed by atoms with Gasteiger partial charge in [-0.05, 0) is 12.8 Å². The highest BCUT2D eigenvalue weighted by molar-refractivity contribution is 7.91. The second-order valence-electron chi connectivity index (χ2n) is 4.01. The molecule has 8 heteroatoms. The van der Waals surface area contributed by atoms with Crippen LogP contribution in [-0.4, -0.2) is 45.9 Å². The van der Waals surface area contributed by atoms with Crippen LogP contribution in [0.2, 0.25) is 0 Å². The summed E-state index contributed by atoms with van der Waals surface area (Å²) in [5.74, 6) is -1.62. The number of carbonyl (C=O) groups is 1. The molecular formula is C9H12N2O5S. The SMILES string of the molecule is O=C(O)c1c(O)cnn1C1CCS(=O)(=O)CC1. The van der Waals surface area contributed by atoms with E-state index in [1.165, 1.54) is 4.68 Å². The first-order chi connectivity index (χ1) is 7.91. The molecule has 1 saturated heterocycles. The Kier molecular flexibility index (Phi) is 2.82. The van der Waals surface area contributed by atoms with Crippen LogP contribution in [0.4, 0.5) is 0 Å². The summed E-state index contributed by atoms with van der Waals surface area (Å²) in [4.78, 5) is 10.9. The van der Waals surface area contributed by atoms with Crippen LogP contribution in [0.25, 0.3) is 0 Å². The van der Waals surface area contributed by atoms with E-state index in [1.54, 1.807) is 0 Å². The van der Waals surface area contributed by atoms with Crippen LogP contribution < -0.4 is 0 Å². The molecule has 2 rings (SSSR count). The van der Waals surface area contributed by atoms with Crippen LogP contribution in [0.3, 0.4) is 0 Å². The normalized spacial score (nSPS) is 20.2. The highest BCUT2D eigenvalue weighted by Gasteiger charge is 2.29. The Hall–Kier alpha value is -1.57. The first-order valence-corrected chi connectivity index (χ1v) is 6.93.